The van der Waals surface area contributed by atoms with E-state index in [1.54, 1.807) is 18.5 Å². The first-order valence-electron chi connectivity index (χ1n) is 5.79. The molecule has 18 heavy (non-hydrogen) atoms. The Bertz CT molecular complexity index is 535. The monoisotopic (exact) mass is 356 g/mol. The summed E-state index contributed by atoms with van der Waals surface area (Å²) in [6.45, 7) is 2.44. The molecule has 0 fully saturated rings. The number of aryl methyl sites for hydroxylation is 1. The molecule has 0 aliphatic carbocycles. The number of hydrogen-bond acceptors (Lipinski definition) is 2. The highest BCUT2D eigenvalue weighted by Crippen LogP contribution is 2.09. The third-order valence-electron chi connectivity index (χ3n) is 2.64. The second-order valence-corrected chi connectivity index (χ2v) is 5.36. The fraction of sp³-hybridized carbons (Fsp3) is 0.214. The quantitative estimate of drug-likeness (QED) is 0.587. The molecular formula is C14H15INO2+. The van der Waals surface area contributed by atoms with Crippen LogP contribution in [0.3, 0.4) is 0 Å². The Morgan fingerprint density at radius 3 is 2.78 bits per heavy atom. The van der Waals surface area contributed by atoms with Gasteiger partial charge in [0.15, 0.2) is 3.57 Å². The van der Waals surface area contributed by atoms with Crippen LogP contribution in [0.1, 0.15) is 28.4 Å². The van der Waals surface area contributed by atoms with Crippen LogP contribution in [0.15, 0.2) is 36.7 Å². The highest BCUT2D eigenvalue weighted by molar-refractivity contribution is 5.89. The van der Waals surface area contributed by atoms with Crippen molar-refractivity contribution in [3.63, 3.8) is 0 Å². The molecule has 1 N–H and O–H groups in total. The van der Waals surface area contributed by atoms with Crippen LogP contribution in [0, 0.1) is 3.57 Å². The van der Waals surface area contributed by atoms with Crippen molar-refractivity contribution in [2.24, 2.45) is 0 Å². The van der Waals surface area contributed by atoms with Crippen LogP contribution < -0.4 is 22.6 Å². The van der Waals surface area contributed by atoms with E-state index >= 15 is 0 Å². The summed E-state index contributed by atoms with van der Waals surface area (Å²) in [7, 11) is 0. The Kier molecular flexibility index (Phi) is 4.41. The van der Waals surface area contributed by atoms with Crippen molar-refractivity contribution in [2.75, 3.05) is 0 Å². The lowest BCUT2D eigenvalue weighted by Crippen LogP contribution is -3.34. The smallest absolute Gasteiger partial charge is 0.340 e. The van der Waals surface area contributed by atoms with Crippen LogP contribution >= 0.6 is 0 Å². The molecule has 2 rings (SSSR count). The number of aromatic amines is 1. The molecule has 1 heterocycles. The van der Waals surface area contributed by atoms with Crippen molar-refractivity contribution in [1.29, 1.82) is 0 Å². The van der Waals surface area contributed by atoms with E-state index < -0.39 is 0 Å². The number of rotatable bonds is 4. The van der Waals surface area contributed by atoms with Gasteiger partial charge in [0.1, 0.15) is 6.61 Å². The maximum Gasteiger partial charge on any atom is 0.340 e. The van der Waals surface area contributed by atoms with Gasteiger partial charge in [-0.3, -0.25) is 0 Å². The molecule has 3 nitrogen and oxygen atoms in total. The lowest BCUT2D eigenvalue weighted by atomic mass is 10.1. The highest BCUT2D eigenvalue weighted by atomic mass is 127. The summed E-state index contributed by atoms with van der Waals surface area (Å²) >= 11 is 1.98. The van der Waals surface area contributed by atoms with Gasteiger partial charge >= 0.3 is 5.97 Å². The molecule has 1 aromatic heterocycles. The molecule has 1 aromatic carbocycles. The number of halogens is 1. The molecule has 0 bridgehead atoms. The largest absolute Gasteiger partial charge is 0.457 e. The van der Waals surface area contributed by atoms with E-state index in [-0.39, 0.29) is 5.97 Å². The summed E-state index contributed by atoms with van der Waals surface area (Å²) in [4.78, 5) is 14.5. The van der Waals surface area contributed by atoms with Crippen LogP contribution in [0.2, 0.25) is 0 Å². The van der Waals surface area contributed by atoms with E-state index in [9.17, 15) is 4.79 Å². The van der Waals surface area contributed by atoms with Gasteiger partial charge in [-0.1, -0.05) is 13.0 Å². The minimum absolute atomic E-state index is 0.295. The van der Waals surface area contributed by atoms with Crippen LogP contribution in [0.25, 0.3) is 0 Å². The zero-order valence-corrected chi connectivity index (χ0v) is 12.4. The molecule has 0 unspecified atom stereocenters. The van der Waals surface area contributed by atoms with Gasteiger partial charge in [-0.15, -0.1) is 0 Å². The normalized spacial score (nSPS) is 10.3. The number of hydrogen-bond donors (Lipinski definition) is 1. The first kappa shape index (κ1) is 13.1. The Hall–Kier alpha value is -1.30. The SMILES string of the molecule is CCc1cc([IH+])cc(COC(=O)c2cc[nH]c2)c1. The summed E-state index contributed by atoms with van der Waals surface area (Å²) in [6.07, 6.45) is 4.33. The van der Waals surface area contributed by atoms with Crippen molar-refractivity contribution >= 4 is 5.97 Å². The highest BCUT2D eigenvalue weighted by Gasteiger charge is 2.09. The average molecular weight is 356 g/mol. The predicted octanol–water partition coefficient (Wildman–Crippen LogP) is -0.611. The molecule has 0 saturated heterocycles. The number of benzene rings is 1. The first-order chi connectivity index (χ1) is 8.69. The van der Waals surface area contributed by atoms with Gasteiger partial charge in [-0.2, -0.15) is 0 Å². The summed E-state index contributed by atoms with van der Waals surface area (Å²) in [5, 5.41) is 0. The molecule has 0 saturated carbocycles. The van der Waals surface area contributed by atoms with Crippen LogP contribution in [0.5, 0.6) is 0 Å². The van der Waals surface area contributed by atoms with Gasteiger partial charge in [-0.05, 0) is 35.7 Å². The summed E-state index contributed by atoms with van der Waals surface area (Å²) in [5.41, 5.74) is 2.86. The van der Waals surface area contributed by atoms with Gasteiger partial charge in [0.25, 0.3) is 22.6 Å². The Morgan fingerprint density at radius 2 is 2.11 bits per heavy atom. The van der Waals surface area contributed by atoms with Gasteiger partial charge in [0, 0.05) is 12.4 Å². The summed E-state index contributed by atoms with van der Waals surface area (Å²) < 4.78 is 6.48. The maximum absolute atomic E-state index is 11.7. The number of aromatic nitrogens is 1. The number of carbonyl (C=O) groups excluding carboxylic acids is 1. The number of carbonyl (C=O) groups is 1. The van der Waals surface area contributed by atoms with Crippen LogP contribution in [-0.2, 0) is 17.8 Å². The zero-order valence-electron chi connectivity index (χ0n) is 10.1. The van der Waals surface area contributed by atoms with Crippen molar-refractivity contribution < 1.29 is 32.1 Å². The number of esters is 1. The van der Waals surface area contributed by atoms with E-state index in [0.29, 0.717) is 12.2 Å². The van der Waals surface area contributed by atoms with Gasteiger partial charge in [-0.25, -0.2) is 4.79 Å². The molecule has 0 radical (unpaired) electrons. The van der Waals surface area contributed by atoms with Crippen LogP contribution in [0.4, 0.5) is 0 Å². The Balaban J connectivity index is 2.02. The van der Waals surface area contributed by atoms with Crippen molar-refractivity contribution in [3.05, 3.63) is 56.9 Å². The van der Waals surface area contributed by atoms with Crippen molar-refractivity contribution in [3.8, 4) is 0 Å². The molecule has 0 atom stereocenters. The second-order valence-electron chi connectivity index (χ2n) is 4.01. The Labute approximate surface area is 120 Å². The molecule has 0 spiro atoms. The third kappa shape index (κ3) is 3.35. The number of nitrogens with one attached hydrogen (secondary N) is 1. The van der Waals surface area contributed by atoms with E-state index in [0.717, 1.165) is 12.0 Å². The van der Waals surface area contributed by atoms with E-state index in [2.05, 4.69) is 24.0 Å². The summed E-state index contributed by atoms with van der Waals surface area (Å²) in [5.74, 6) is -0.295. The predicted molar refractivity (Wildman–Crippen MR) is 65.8 cm³/mol. The molecule has 2 aromatic rings. The molecule has 0 amide bonds. The second kappa shape index (κ2) is 6.04. The standard InChI is InChI=1S/C14H14INO2/c1-2-10-5-11(7-13(15)6-10)9-18-14(17)12-3-4-16-8-12/h3-8,15H,2,9H2,1H3/p+1. The molecule has 0 aliphatic rings. The number of ether oxygens (including phenoxy) is 1. The molecule has 94 valence electrons. The maximum atomic E-state index is 11.7. The van der Waals surface area contributed by atoms with E-state index in [1.165, 1.54) is 9.13 Å². The fourth-order valence-electron chi connectivity index (χ4n) is 1.70. The first-order valence-corrected chi connectivity index (χ1v) is 6.95. The zero-order chi connectivity index (χ0) is 13.0. The molecular weight excluding hydrogens is 341 g/mol. The minimum atomic E-state index is -0.295. The minimum Gasteiger partial charge on any atom is -0.457 e. The fourth-order valence-corrected chi connectivity index (χ4v) is 2.56. The lowest BCUT2D eigenvalue weighted by molar-refractivity contribution is -0.328. The van der Waals surface area contributed by atoms with Crippen molar-refractivity contribution in [2.45, 2.75) is 20.0 Å². The van der Waals surface area contributed by atoms with Gasteiger partial charge in [0.05, 0.1) is 5.56 Å². The molecule has 4 heteroatoms. The van der Waals surface area contributed by atoms with E-state index in [1.807, 2.05) is 28.7 Å². The van der Waals surface area contributed by atoms with E-state index in [4.69, 9.17) is 4.74 Å². The van der Waals surface area contributed by atoms with Gasteiger partial charge < -0.3 is 9.72 Å². The van der Waals surface area contributed by atoms with Gasteiger partial charge in [0.2, 0.25) is 0 Å². The lowest BCUT2D eigenvalue weighted by Gasteiger charge is -2.05. The van der Waals surface area contributed by atoms with Crippen molar-refractivity contribution in [1.82, 2.24) is 4.98 Å². The average Bonchev–Trinajstić information content (AvgIpc) is 2.89. The Morgan fingerprint density at radius 1 is 1.33 bits per heavy atom. The molecule has 0 aliphatic heterocycles. The summed E-state index contributed by atoms with van der Waals surface area (Å²) in [6, 6.07) is 7.99. The third-order valence-corrected chi connectivity index (χ3v) is 3.31. The number of H-pyrrole nitrogens is 1. The topological polar surface area (TPSA) is 42.1 Å². The van der Waals surface area contributed by atoms with Crippen LogP contribution in [-0.4, -0.2) is 11.0 Å².